The molecule has 2 bridgehead atoms. The molecule has 0 saturated carbocycles. The maximum Gasteiger partial charge on any atom is 0.297 e. The van der Waals surface area contributed by atoms with Gasteiger partial charge in [0.05, 0.1) is 42.1 Å². The van der Waals surface area contributed by atoms with Crippen LogP contribution in [0.25, 0.3) is 0 Å². The molecular formula is C17H16N2O7. The van der Waals surface area contributed by atoms with E-state index in [4.69, 9.17) is 9.47 Å². The number of ether oxygens (including phenoxy) is 2. The topological polar surface area (TPSA) is 119 Å². The third-order valence-corrected chi connectivity index (χ3v) is 5.42. The van der Waals surface area contributed by atoms with Gasteiger partial charge in [0.15, 0.2) is 0 Å². The van der Waals surface area contributed by atoms with Crippen molar-refractivity contribution < 1.29 is 29.1 Å². The molecule has 1 aromatic rings. The Labute approximate surface area is 147 Å². The number of nitro benzene ring substituents is 1. The van der Waals surface area contributed by atoms with E-state index in [-0.39, 0.29) is 11.4 Å². The molecule has 3 heterocycles. The number of rotatable bonds is 4. The van der Waals surface area contributed by atoms with E-state index in [1.807, 2.05) is 0 Å². The Balaban J connectivity index is 1.83. The Kier molecular flexibility index (Phi) is 3.28. The first kappa shape index (κ1) is 16.7. The molecule has 0 unspecified atom stereocenters. The summed E-state index contributed by atoms with van der Waals surface area (Å²) in [6.45, 7) is 1.21. The number of carbonyl (C=O) groups is 2. The molecule has 2 amide bonds. The molecule has 0 spiro atoms. The molecule has 2 saturated heterocycles. The van der Waals surface area contributed by atoms with Crippen molar-refractivity contribution in [2.24, 2.45) is 11.8 Å². The van der Waals surface area contributed by atoms with E-state index < -0.39 is 52.1 Å². The number of aliphatic hydroxyl groups is 1. The van der Waals surface area contributed by atoms with E-state index in [0.29, 0.717) is 0 Å². The van der Waals surface area contributed by atoms with Crippen LogP contribution < -0.4 is 9.64 Å². The zero-order valence-electron chi connectivity index (χ0n) is 14.0. The minimum atomic E-state index is -1.28. The van der Waals surface area contributed by atoms with Crippen LogP contribution in [0.4, 0.5) is 11.4 Å². The quantitative estimate of drug-likeness (QED) is 0.365. The molecule has 1 N–H and O–H groups in total. The van der Waals surface area contributed by atoms with Gasteiger partial charge >= 0.3 is 0 Å². The van der Waals surface area contributed by atoms with E-state index in [2.05, 4.69) is 0 Å². The first-order valence-electron chi connectivity index (χ1n) is 7.99. The normalized spacial score (nSPS) is 34.5. The van der Waals surface area contributed by atoms with Gasteiger partial charge in [-0.2, -0.15) is 0 Å². The number of amides is 2. The van der Waals surface area contributed by atoms with Crippen molar-refractivity contribution in [1.82, 2.24) is 0 Å². The lowest BCUT2D eigenvalue weighted by atomic mass is 9.73. The number of imide groups is 1. The standard InChI is InChI=1S/C17H16N2O7/c1-16-5-6-17(8-20,26-16)13-12(16)14(21)18(15(13)22)10-4-3-9(25-2)7-11(10)19(23)24/h3-7,12-13,20H,8H2,1-2H3/t12-,13+,16+,17-/m0/s1. The third-order valence-electron chi connectivity index (χ3n) is 5.42. The smallest absolute Gasteiger partial charge is 0.297 e. The molecule has 0 aliphatic carbocycles. The maximum absolute atomic E-state index is 13.0. The molecule has 4 atom stereocenters. The Morgan fingerprint density at radius 3 is 2.62 bits per heavy atom. The van der Waals surface area contributed by atoms with Gasteiger partial charge < -0.3 is 14.6 Å². The highest BCUT2D eigenvalue weighted by atomic mass is 16.6. The van der Waals surface area contributed by atoms with Crippen molar-refractivity contribution in [3.05, 3.63) is 40.5 Å². The maximum atomic E-state index is 13.0. The summed E-state index contributed by atoms with van der Waals surface area (Å²) in [7, 11) is 1.36. The fourth-order valence-electron chi connectivity index (χ4n) is 4.24. The summed E-state index contributed by atoms with van der Waals surface area (Å²) >= 11 is 0. The van der Waals surface area contributed by atoms with Crippen molar-refractivity contribution in [2.75, 3.05) is 18.6 Å². The van der Waals surface area contributed by atoms with Crippen LogP contribution in [-0.2, 0) is 14.3 Å². The molecule has 4 rings (SSSR count). The van der Waals surface area contributed by atoms with Crippen molar-refractivity contribution in [3.8, 4) is 5.75 Å². The predicted octanol–water partition coefficient (Wildman–Crippen LogP) is 0.799. The highest BCUT2D eigenvalue weighted by molar-refractivity contribution is 6.24. The SMILES string of the molecule is COc1ccc(N2C(=O)[C@@H]3[C@H](C2=O)[C@@]2(CO)C=C[C@@]3(C)O2)c([N+](=O)[O-])c1. The Morgan fingerprint density at radius 2 is 2.00 bits per heavy atom. The highest BCUT2D eigenvalue weighted by Crippen LogP contribution is 2.58. The lowest BCUT2D eigenvalue weighted by Gasteiger charge is -2.26. The Morgan fingerprint density at radius 1 is 1.31 bits per heavy atom. The minimum absolute atomic E-state index is 0.115. The summed E-state index contributed by atoms with van der Waals surface area (Å²) in [6.07, 6.45) is 3.27. The lowest BCUT2D eigenvalue weighted by Crippen LogP contribution is -2.43. The lowest BCUT2D eigenvalue weighted by molar-refractivity contribution is -0.384. The van der Waals surface area contributed by atoms with Gasteiger partial charge in [0, 0.05) is 0 Å². The van der Waals surface area contributed by atoms with E-state index >= 15 is 0 Å². The van der Waals surface area contributed by atoms with Crippen LogP contribution in [0.3, 0.4) is 0 Å². The first-order valence-corrected chi connectivity index (χ1v) is 7.99. The minimum Gasteiger partial charge on any atom is -0.496 e. The third kappa shape index (κ3) is 1.86. The number of anilines is 1. The molecule has 1 aromatic carbocycles. The van der Waals surface area contributed by atoms with E-state index in [0.717, 1.165) is 11.0 Å². The predicted molar refractivity (Wildman–Crippen MR) is 87.6 cm³/mol. The van der Waals surface area contributed by atoms with E-state index in [9.17, 15) is 24.8 Å². The van der Waals surface area contributed by atoms with Crippen LogP contribution in [0.5, 0.6) is 5.75 Å². The molecule has 26 heavy (non-hydrogen) atoms. The number of methoxy groups -OCH3 is 1. The van der Waals surface area contributed by atoms with Gasteiger partial charge in [-0.3, -0.25) is 19.7 Å². The molecular weight excluding hydrogens is 344 g/mol. The molecule has 9 nitrogen and oxygen atoms in total. The summed E-state index contributed by atoms with van der Waals surface area (Å²) in [5.74, 6) is -2.71. The number of carbonyl (C=O) groups excluding carboxylic acids is 2. The largest absolute Gasteiger partial charge is 0.496 e. The Hall–Kier alpha value is -2.78. The first-order chi connectivity index (χ1) is 12.3. The van der Waals surface area contributed by atoms with Crippen LogP contribution in [-0.4, -0.2) is 46.8 Å². The molecule has 0 radical (unpaired) electrons. The molecule has 9 heteroatoms. The van der Waals surface area contributed by atoms with Crippen LogP contribution in [0.1, 0.15) is 6.92 Å². The summed E-state index contributed by atoms with van der Waals surface area (Å²) in [5.41, 5.74) is -2.83. The average Bonchev–Trinajstić information content (AvgIpc) is 3.20. The van der Waals surface area contributed by atoms with E-state index in [1.54, 1.807) is 19.1 Å². The number of fused-ring (bicyclic) bond motifs is 5. The fraction of sp³-hybridized carbons (Fsp3) is 0.412. The van der Waals surface area contributed by atoms with Gasteiger partial charge in [0.25, 0.3) is 5.69 Å². The number of hydrogen-bond acceptors (Lipinski definition) is 7. The summed E-state index contributed by atoms with van der Waals surface area (Å²) < 4.78 is 10.8. The van der Waals surface area contributed by atoms with Crippen LogP contribution in [0.15, 0.2) is 30.4 Å². The van der Waals surface area contributed by atoms with Gasteiger partial charge in [-0.25, -0.2) is 4.90 Å². The second-order valence-electron chi connectivity index (χ2n) is 6.81. The molecule has 0 aromatic heterocycles. The molecule has 3 aliphatic rings. The fourth-order valence-corrected chi connectivity index (χ4v) is 4.24. The Bertz CT molecular complexity index is 882. The van der Waals surface area contributed by atoms with Gasteiger partial charge in [-0.05, 0) is 19.1 Å². The monoisotopic (exact) mass is 360 g/mol. The molecule has 136 valence electrons. The van der Waals surface area contributed by atoms with Crippen LogP contribution in [0.2, 0.25) is 0 Å². The van der Waals surface area contributed by atoms with Gasteiger partial charge in [-0.1, -0.05) is 12.2 Å². The number of nitro groups is 1. The number of nitrogens with zero attached hydrogens (tertiary/aromatic N) is 2. The zero-order valence-corrected chi connectivity index (χ0v) is 14.0. The van der Waals surface area contributed by atoms with Crippen molar-refractivity contribution in [2.45, 2.75) is 18.1 Å². The van der Waals surface area contributed by atoms with Crippen LogP contribution >= 0.6 is 0 Å². The van der Waals surface area contributed by atoms with Gasteiger partial charge in [0.2, 0.25) is 11.8 Å². The van der Waals surface area contributed by atoms with E-state index in [1.165, 1.54) is 19.2 Å². The van der Waals surface area contributed by atoms with Crippen molar-refractivity contribution in [3.63, 3.8) is 0 Å². The highest BCUT2D eigenvalue weighted by Gasteiger charge is 2.72. The number of aliphatic hydroxyl groups excluding tert-OH is 1. The average molecular weight is 360 g/mol. The summed E-state index contributed by atoms with van der Waals surface area (Å²) in [6, 6.07) is 3.93. The molecule has 3 aliphatic heterocycles. The second-order valence-corrected chi connectivity index (χ2v) is 6.81. The summed E-state index contributed by atoms with van der Waals surface area (Å²) in [5, 5.41) is 21.2. The number of benzene rings is 1. The zero-order chi connectivity index (χ0) is 18.9. The number of hydrogen-bond donors (Lipinski definition) is 1. The van der Waals surface area contributed by atoms with Gasteiger partial charge in [0.1, 0.15) is 17.0 Å². The second kappa shape index (κ2) is 5.12. The van der Waals surface area contributed by atoms with Crippen LogP contribution in [0, 0.1) is 22.0 Å². The summed E-state index contributed by atoms with van der Waals surface area (Å²) in [4.78, 5) is 37.7. The molecule has 2 fully saturated rings. The van der Waals surface area contributed by atoms with Crippen molar-refractivity contribution in [1.29, 1.82) is 0 Å². The van der Waals surface area contributed by atoms with Gasteiger partial charge in [-0.15, -0.1) is 0 Å². The van der Waals surface area contributed by atoms with Crippen molar-refractivity contribution >= 4 is 23.2 Å².